The van der Waals surface area contributed by atoms with E-state index in [9.17, 15) is 9.59 Å². The molecule has 3 aromatic rings. The molecule has 0 saturated carbocycles. The molecule has 0 N–H and O–H groups in total. The maximum absolute atomic E-state index is 12.8. The van der Waals surface area contributed by atoms with Gasteiger partial charge < -0.3 is 18.8 Å². The second-order valence-corrected chi connectivity index (χ2v) is 7.90. The van der Waals surface area contributed by atoms with E-state index < -0.39 is 0 Å². The Kier molecular flexibility index (Phi) is 4.00. The number of piperidine rings is 1. The highest BCUT2D eigenvalue weighted by Gasteiger charge is 2.36. The third-order valence-corrected chi connectivity index (χ3v) is 6.07. The summed E-state index contributed by atoms with van der Waals surface area (Å²) >= 11 is 0. The minimum absolute atomic E-state index is 0.00867. The first-order valence-corrected chi connectivity index (χ1v) is 9.74. The van der Waals surface area contributed by atoms with Crippen molar-refractivity contribution in [2.24, 2.45) is 13.0 Å². The normalized spacial score (nSPS) is 20.8. The zero-order chi connectivity index (χ0) is 19.3. The number of rotatable bonds is 3. The largest absolute Gasteiger partial charge is 0.483 e. The SMILES string of the molecule is Cn1ccc2c(OCC(=O)N3CC4CC(C3)c3cccc(=O)n3C4)cccc21. The van der Waals surface area contributed by atoms with Crippen LogP contribution in [0.25, 0.3) is 10.9 Å². The average molecular weight is 377 g/mol. The molecular formula is C22H23N3O3. The molecule has 6 nitrogen and oxygen atoms in total. The van der Waals surface area contributed by atoms with Crippen molar-refractivity contribution in [2.45, 2.75) is 18.9 Å². The number of likely N-dealkylation sites (tertiary alicyclic amines) is 1. The molecule has 0 radical (unpaired) electrons. The van der Waals surface area contributed by atoms with E-state index in [0.717, 1.165) is 28.8 Å². The topological polar surface area (TPSA) is 56.5 Å². The summed E-state index contributed by atoms with van der Waals surface area (Å²) in [5.74, 6) is 1.30. The highest BCUT2D eigenvalue weighted by molar-refractivity contribution is 5.87. The number of aryl methyl sites for hydroxylation is 1. The van der Waals surface area contributed by atoms with Crippen molar-refractivity contribution < 1.29 is 9.53 Å². The first-order chi connectivity index (χ1) is 13.6. The van der Waals surface area contributed by atoms with Gasteiger partial charge in [-0.25, -0.2) is 0 Å². The zero-order valence-corrected chi connectivity index (χ0v) is 15.9. The third kappa shape index (κ3) is 2.80. The monoisotopic (exact) mass is 377 g/mol. The van der Waals surface area contributed by atoms with Crippen molar-refractivity contribution in [1.82, 2.24) is 14.0 Å². The van der Waals surface area contributed by atoms with Crippen LogP contribution >= 0.6 is 0 Å². The van der Waals surface area contributed by atoms with Crippen molar-refractivity contribution in [2.75, 3.05) is 19.7 Å². The van der Waals surface area contributed by atoms with E-state index in [-0.39, 0.29) is 24.0 Å². The number of hydrogen-bond donors (Lipinski definition) is 0. The van der Waals surface area contributed by atoms with E-state index in [1.54, 1.807) is 6.07 Å². The number of hydrogen-bond acceptors (Lipinski definition) is 3. The van der Waals surface area contributed by atoms with E-state index in [1.165, 1.54) is 0 Å². The summed E-state index contributed by atoms with van der Waals surface area (Å²) in [6.45, 7) is 2.07. The highest BCUT2D eigenvalue weighted by Crippen LogP contribution is 2.35. The Morgan fingerprint density at radius 2 is 1.96 bits per heavy atom. The Labute approximate surface area is 162 Å². The van der Waals surface area contributed by atoms with Gasteiger partial charge in [-0.1, -0.05) is 12.1 Å². The maximum Gasteiger partial charge on any atom is 0.260 e. The lowest BCUT2D eigenvalue weighted by Crippen LogP contribution is -2.50. The lowest BCUT2D eigenvalue weighted by atomic mass is 9.83. The molecule has 2 unspecified atom stereocenters. The molecule has 2 bridgehead atoms. The first-order valence-electron chi connectivity index (χ1n) is 9.74. The van der Waals surface area contributed by atoms with Gasteiger partial charge in [0.1, 0.15) is 5.75 Å². The first kappa shape index (κ1) is 17.1. The van der Waals surface area contributed by atoms with Gasteiger partial charge in [-0.2, -0.15) is 0 Å². The zero-order valence-electron chi connectivity index (χ0n) is 15.9. The fourth-order valence-electron chi connectivity index (χ4n) is 4.73. The second kappa shape index (κ2) is 6.55. The number of fused-ring (bicyclic) bond motifs is 5. The van der Waals surface area contributed by atoms with Crippen molar-refractivity contribution in [3.63, 3.8) is 0 Å². The lowest BCUT2D eigenvalue weighted by Gasteiger charge is -2.42. The molecule has 1 saturated heterocycles. The number of benzene rings is 1. The minimum Gasteiger partial charge on any atom is -0.483 e. The number of carbonyl (C=O) groups excluding carboxylic acids is 1. The Balaban J connectivity index is 1.31. The van der Waals surface area contributed by atoms with Crippen LogP contribution in [0, 0.1) is 5.92 Å². The summed E-state index contributed by atoms with van der Waals surface area (Å²) in [5, 5.41) is 1.02. The summed E-state index contributed by atoms with van der Waals surface area (Å²) in [7, 11) is 1.99. The van der Waals surface area contributed by atoms with Crippen LogP contribution < -0.4 is 10.3 Å². The number of nitrogens with zero attached hydrogens (tertiary/aromatic N) is 3. The second-order valence-electron chi connectivity index (χ2n) is 7.90. The molecule has 2 aliphatic rings. The van der Waals surface area contributed by atoms with Gasteiger partial charge in [-0.05, 0) is 36.6 Å². The molecule has 144 valence electrons. The summed E-state index contributed by atoms with van der Waals surface area (Å²) in [6.07, 6.45) is 3.03. The average Bonchev–Trinajstić information content (AvgIpc) is 3.08. The molecule has 6 heteroatoms. The van der Waals surface area contributed by atoms with E-state index >= 15 is 0 Å². The van der Waals surface area contributed by atoms with Crippen LogP contribution in [0.2, 0.25) is 0 Å². The third-order valence-electron chi connectivity index (χ3n) is 6.07. The molecule has 1 aromatic carbocycles. The molecule has 1 fully saturated rings. The van der Waals surface area contributed by atoms with Gasteiger partial charge in [0.05, 0.1) is 5.52 Å². The van der Waals surface area contributed by atoms with Crippen molar-refractivity contribution in [3.8, 4) is 5.75 Å². The van der Waals surface area contributed by atoms with E-state index in [2.05, 4.69) is 0 Å². The quantitative estimate of drug-likeness (QED) is 0.704. The van der Waals surface area contributed by atoms with Gasteiger partial charge in [0, 0.05) is 55.9 Å². The standard InChI is InChI=1S/C22H23N3O3/c1-23-9-8-17-19(23)5-2-6-20(17)28-14-22(27)24-11-15-10-16(13-24)18-4-3-7-21(26)25(18)12-15/h2-9,15-16H,10-14H2,1H3. The smallest absolute Gasteiger partial charge is 0.260 e. The molecule has 2 atom stereocenters. The fourth-order valence-corrected chi connectivity index (χ4v) is 4.73. The van der Waals surface area contributed by atoms with Crippen LogP contribution in [0.3, 0.4) is 0 Å². The molecule has 5 rings (SSSR count). The molecule has 2 aliphatic heterocycles. The lowest BCUT2D eigenvalue weighted by molar-refractivity contribution is -0.136. The van der Waals surface area contributed by atoms with Gasteiger partial charge in [0.25, 0.3) is 11.5 Å². The van der Waals surface area contributed by atoms with Crippen LogP contribution in [-0.4, -0.2) is 39.6 Å². The van der Waals surface area contributed by atoms with Gasteiger partial charge in [-0.3, -0.25) is 9.59 Å². The van der Waals surface area contributed by atoms with Gasteiger partial charge >= 0.3 is 0 Å². The number of pyridine rings is 1. The van der Waals surface area contributed by atoms with Gasteiger partial charge in [0.2, 0.25) is 0 Å². The Hall–Kier alpha value is -3.02. The summed E-state index contributed by atoms with van der Waals surface area (Å²) < 4.78 is 9.82. The van der Waals surface area contributed by atoms with E-state index in [1.807, 2.05) is 63.7 Å². The van der Waals surface area contributed by atoms with Crippen molar-refractivity contribution in [1.29, 1.82) is 0 Å². The summed E-state index contributed by atoms with van der Waals surface area (Å²) in [5.41, 5.74) is 2.20. The van der Waals surface area contributed by atoms with Gasteiger partial charge in [0.15, 0.2) is 6.61 Å². The van der Waals surface area contributed by atoms with Crippen LogP contribution in [-0.2, 0) is 18.4 Å². The Morgan fingerprint density at radius 1 is 1.11 bits per heavy atom. The molecule has 0 aliphatic carbocycles. The highest BCUT2D eigenvalue weighted by atomic mass is 16.5. The molecule has 4 heterocycles. The van der Waals surface area contributed by atoms with E-state index in [4.69, 9.17) is 4.74 Å². The summed E-state index contributed by atoms with van der Waals surface area (Å²) in [6, 6.07) is 13.4. The van der Waals surface area contributed by atoms with Crippen molar-refractivity contribution >= 4 is 16.8 Å². The predicted molar refractivity (Wildman–Crippen MR) is 107 cm³/mol. The minimum atomic E-state index is 0.00867. The summed E-state index contributed by atoms with van der Waals surface area (Å²) in [4.78, 5) is 26.9. The van der Waals surface area contributed by atoms with Gasteiger partial charge in [-0.15, -0.1) is 0 Å². The maximum atomic E-state index is 12.8. The molecule has 0 spiro atoms. The van der Waals surface area contributed by atoms with Crippen LogP contribution in [0.15, 0.2) is 53.5 Å². The molecule has 1 amide bonds. The Morgan fingerprint density at radius 3 is 2.86 bits per heavy atom. The van der Waals surface area contributed by atoms with Crippen LogP contribution in [0.4, 0.5) is 0 Å². The number of ether oxygens (including phenoxy) is 1. The van der Waals surface area contributed by atoms with E-state index in [0.29, 0.717) is 25.6 Å². The van der Waals surface area contributed by atoms with Crippen molar-refractivity contribution in [3.05, 3.63) is 64.7 Å². The number of amides is 1. The molecular weight excluding hydrogens is 354 g/mol. The predicted octanol–water partition coefficient (Wildman–Crippen LogP) is 2.36. The van der Waals surface area contributed by atoms with Crippen LogP contribution in [0.5, 0.6) is 5.75 Å². The molecule has 28 heavy (non-hydrogen) atoms. The van der Waals surface area contributed by atoms with Crippen LogP contribution in [0.1, 0.15) is 18.0 Å². The molecule has 2 aromatic heterocycles. The number of carbonyl (C=O) groups is 1. The Bertz CT molecular complexity index is 1110. The number of aromatic nitrogens is 2. The fraction of sp³-hybridized carbons (Fsp3) is 0.364.